The van der Waals surface area contributed by atoms with Crippen molar-refractivity contribution in [2.24, 2.45) is 0 Å². The Morgan fingerprint density at radius 2 is 1.79 bits per heavy atom. The van der Waals surface area contributed by atoms with Crippen LogP contribution in [0.15, 0.2) is 83.9 Å². The van der Waals surface area contributed by atoms with Crippen LogP contribution in [0.25, 0.3) is 10.9 Å². The maximum Gasteiger partial charge on any atom is 0.251 e. The Hall–Kier alpha value is -3.71. The fraction of sp³-hybridized carbons (Fsp3) is 0.185. The van der Waals surface area contributed by atoms with E-state index in [1.54, 1.807) is 13.2 Å². The van der Waals surface area contributed by atoms with Crippen molar-refractivity contribution in [1.82, 2.24) is 9.88 Å². The molecule has 2 amide bonds. The zero-order chi connectivity index (χ0) is 23.9. The second kappa shape index (κ2) is 10.9. The Labute approximate surface area is 203 Å². The molecule has 4 aromatic rings. The number of thioether (sulfide) groups is 1. The van der Waals surface area contributed by atoms with Crippen LogP contribution in [0.5, 0.6) is 5.75 Å². The highest BCUT2D eigenvalue weighted by Gasteiger charge is 2.12. The summed E-state index contributed by atoms with van der Waals surface area (Å²) in [4.78, 5) is 25.9. The van der Waals surface area contributed by atoms with Gasteiger partial charge in [0.15, 0.2) is 0 Å². The third kappa shape index (κ3) is 5.80. The molecular formula is C27H27N3O3S. The van der Waals surface area contributed by atoms with Crippen LogP contribution in [-0.4, -0.2) is 35.8 Å². The van der Waals surface area contributed by atoms with E-state index in [0.717, 1.165) is 21.4 Å². The van der Waals surface area contributed by atoms with Crippen molar-refractivity contribution in [3.05, 3.63) is 90.1 Å². The first-order chi connectivity index (χ1) is 16.5. The summed E-state index contributed by atoms with van der Waals surface area (Å²) < 4.78 is 7.33. The predicted molar refractivity (Wildman–Crippen MR) is 138 cm³/mol. The van der Waals surface area contributed by atoms with Crippen LogP contribution in [0, 0.1) is 6.92 Å². The average Bonchev–Trinajstić information content (AvgIpc) is 3.21. The fourth-order valence-corrected chi connectivity index (χ4v) is 4.54. The molecule has 0 saturated carbocycles. The summed E-state index contributed by atoms with van der Waals surface area (Å²) in [5.74, 6) is 0.818. The van der Waals surface area contributed by atoms with E-state index in [-0.39, 0.29) is 17.6 Å². The molecule has 0 bridgehead atoms. The highest BCUT2D eigenvalue weighted by molar-refractivity contribution is 8.00. The van der Waals surface area contributed by atoms with E-state index in [1.807, 2.05) is 67.7 Å². The number of anilines is 1. The minimum absolute atomic E-state index is 0.0829. The Bertz CT molecular complexity index is 1300. The Kier molecular flexibility index (Phi) is 7.54. The largest absolute Gasteiger partial charge is 0.497 e. The maximum absolute atomic E-state index is 12.5. The summed E-state index contributed by atoms with van der Waals surface area (Å²) in [5.41, 5.74) is 3.55. The number of nitrogens with zero attached hydrogens (tertiary/aromatic N) is 1. The molecule has 0 radical (unpaired) electrons. The number of ether oxygens (including phenoxy) is 1. The topological polar surface area (TPSA) is 72.4 Å². The zero-order valence-corrected chi connectivity index (χ0v) is 20.0. The Morgan fingerprint density at radius 1 is 1.00 bits per heavy atom. The Balaban J connectivity index is 1.37. The number of carbonyl (C=O) groups excluding carboxylic acids is 2. The molecule has 0 atom stereocenters. The van der Waals surface area contributed by atoms with Crippen LogP contribution in [0.1, 0.15) is 15.9 Å². The van der Waals surface area contributed by atoms with Gasteiger partial charge < -0.3 is 19.9 Å². The average molecular weight is 474 g/mol. The molecule has 4 rings (SSSR count). The van der Waals surface area contributed by atoms with E-state index >= 15 is 0 Å². The fourth-order valence-electron chi connectivity index (χ4n) is 3.65. The molecule has 6 nitrogen and oxygen atoms in total. The third-order valence-corrected chi connectivity index (χ3v) is 6.46. The lowest BCUT2D eigenvalue weighted by Gasteiger charge is -2.08. The second-order valence-corrected chi connectivity index (χ2v) is 8.91. The van der Waals surface area contributed by atoms with Gasteiger partial charge in [0, 0.05) is 52.4 Å². The normalized spacial score (nSPS) is 10.8. The maximum atomic E-state index is 12.5. The number of hydrogen-bond donors (Lipinski definition) is 2. The number of aromatic nitrogens is 1. The number of benzene rings is 3. The molecule has 0 fully saturated rings. The number of carbonyl (C=O) groups is 2. The van der Waals surface area contributed by atoms with Crippen molar-refractivity contribution in [3.8, 4) is 5.75 Å². The molecule has 0 spiro atoms. The van der Waals surface area contributed by atoms with Crippen molar-refractivity contribution in [2.75, 3.05) is 24.7 Å². The summed E-state index contributed by atoms with van der Waals surface area (Å²) in [6.07, 6.45) is 2.05. The predicted octanol–water partition coefficient (Wildman–Crippen LogP) is 5.12. The molecule has 3 aromatic carbocycles. The lowest BCUT2D eigenvalue weighted by molar-refractivity contribution is -0.113. The van der Waals surface area contributed by atoms with Gasteiger partial charge in [0.2, 0.25) is 5.91 Å². The molecule has 1 aromatic heterocycles. The number of methoxy groups -OCH3 is 1. The number of hydrogen-bond acceptors (Lipinski definition) is 4. The molecule has 0 aliphatic carbocycles. The summed E-state index contributed by atoms with van der Waals surface area (Å²) >= 11 is 1.49. The van der Waals surface area contributed by atoms with E-state index in [1.165, 1.54) is 11.8 Å². The van der Waals surface area contributed by atoms with Gasteiger partial charge in [-0.3, -0.25) is 9.59 Å². The molecule has 1 heterocycles. The first kappa shape index (κ1) is 23.4. The van der Waals surface area contributed by atoms with Gasteiger partial charge in [0.25, 0.3) is 5.91 Å². The van der Waals surface area contributed by atoms with Gasteiger partial charge in [-0.25, -0.2) is 0 Å². The standard InChI is InChI=1S/C27H27N3O3S/c1-19-10-12-20(13-11-19)27(32)28-14-15-30-17-25(23-8-3-4-9-24(23)30)34-18-26(31)29-21-6-5-7-22(16-21)33-2/h3-13,16-17H,14-15,18H2,1-2H3,(H,28,32)(H,29,31). The molecule has 0 unspecified atom stereocenters. The van der Waals surface area contributed by atoms with Gasteiger partial charge in [-0.1, -0.05) is 42.0 Å². The zero-order valence-electron chi connectivity index (χ0n) is 19.2. The molecule has 0 aliphatic heterocycles. The summed E-state index contributed by atoms with van der Waals surface area (Å²) in [5, 5.41) is 6.99. The van der Waals surface area contributed by atoms with Crippen molar-refractivity contribution >= 4 is 40.2 Å². The first-order valence-corrected chi connectivity index (χ1v) is 12.0. The molecule has 7 heteroatoms. The van der Waals surface area contributed by atoms with Gasteiger partial charge in [-0.15, -0.1) is 11.8 Å². The number of para-hydroxylation sites is 1. The van der Waals surface area contributed by atoms with Gasteiger partial charge in [0.05, 0.1) is 12.9 Å². The highest BCUT2D eigenvalue weighted by atomic mass is 32.2. The summed E-state index contributed by atoms with van der Waals surface area (Å²) in [6, 6.07) is 22.9. The van der Waals surface area contributed by atoms with E-state index < -0.39 is 0 Å². The second-order valence-electron chi connectivity index (χ2n) is 7.89. The van der Waals surface area contributed by atoms with Crippen molar-refractivity contribution in [3.63, 3.8) is 0 Å². The first-order valence-electron chi connectivity index (χ1n) is 11.0. The minimum atomic E-state index is -0.0831. The molecule has 2 N–H and O–H groups in total. The SMILES string of the molecule is COc1cccc(NC(=O)CSc2cn(CCNC(=O)c3ccc(C)cc3)c3ccccc23)c1. The molecule has 0 saturated heterocycles. The van der Waals surface area contributed by atoms with Gasteiger partial charge in [0.1, 0.15) is 5.75 Å². The number of aryl methyl sites for hydroxylation is 1. The van der Waals surface area contributed by atoms with Crippen molar-refractivity contribution in [2.45, 2.75) is 18.4 Å². The van der Waals surface area contributed by atoms with E-state index in [0.29, 0.717) is 30.1 Å². The number of rotatable bonds is 9. The minimum Gasteiger partial charge on any atom is -0.497 e. The van der Waals surface area contributed by atoms with Crippen LogP contribution in [0.3, 0.4) is 0 Å². The van der Waals surface area contributed by atoms with Crippen LogP contribution < -0.4 is 15.4 Å². The van der Waals surface area contributed by atoms with Crippen molar-refractivity contribution < 1.29 is 14.3 Å². The molecule has 0 aliphatic rings. The molecular weight excluding hydrogens is 446 g/mol. The van der Waals surface area contributed by atoms with Gasteiger partial charge in [-0.2, -0.15) is 0 Å². The number of amides is 2. The number of fused-ring (bicyclic) bond motifs is 1. The lowest BCUT2D eigenvalue weighted by atomic mass is 10.1. The van der Waals surface area contributed by atoms with Crippen LogP contribution in [0.4, 0.5) is 5.69 Å². The van der Waals surface area contributed by atoms with Gasteiger partial charge in [-0.05, 0) is 37.3 Å². The third-order valence-electron chi connectivity index (χ3n) is 5.42. The van der Waals surface area contributed by atoms with E-state index in [2.05, 4.69) is 27.3 Å². The van der Waals surface area contributed by atoms with Crippen LogP contribution >= 0.6 is 11.8 Å². The van der Waals surface area contributed by atoms with Gasteiger partial charge >= 0.3 is 0 Å². The Morgan fingerprint density at radius 3 is 2.59 bits per heavy atom. The lowest BCUT2D eigenvalue weighted by Crippen LogP contribution is -2.27. The summed E-state index contributed by atoms with van der Waals surface area (Å²) in [6.45, 7) is 3.14. The van der Waals surface area contributed by atoms with Crippen LogP contribution in [0.2, 0.25) is 0 Å². The van der Waals surface area contributed by atoms with Crippen LogP contribution in [-0.2, 0) is 11.3 Å². The van der Waals surface area contributed by atoms with E-state index in [4.69, 9.17) is 4.74 Å². The molecule has 34 heavy (non-hydrogen) atoms. The number of nitrogens with one attached hydrogen (secondary N) is 2. The smallest absolute Gasteiger partial charge is 0.251 e. The van der Waals surface area contributed by atoms with E-state index in [9.17, 15) is 9.59 Å². The highest BCUT2D eigenvalue weighted by Crippen LogP contribution is 2.30. The quantitative estimate of drug-likeness (QED) is 0.331. The molecule has 174 valence electrons. The van der Waals surface area contributed by atoms with Crippen molar-refractivity contribution in [1.29, 1.82) is 0 Å². The summed E-state index contributed by atoms with van der Waals surface area (Å²) in [7, 11) is 1.60. The monoisotopic (exact) mass is 473 g/mol.